The molecule has 1 aliphatic rings. The second-order valence-corrected chi connectivity index (χ2v) is 14.5. The Labute approximate surface area is 254 Å². The maximum atomic E-state index is 11.2. The van der Waals surface area contributed by atoms with Gasteiger partial charge in [0, 0.05) is 35.6 Å². The van der Waals surface area contributed by atoms with Gasteiger partial charge in [-0.15, -0.1) is 0 Å². The van der Waals surface area contributed by atoms with Crippen molar-refractivity contribution in [3.63, 3.8) is 0 Å². The van der Waals surface area contributed by atoms with Crippen LogP contribution in [-0.2, 0) is 26.8 Å². The third kappa shape index (κ3) is 7.68. The summed E-state index contributed by atoms with van der Waals surface area (Å²) in [5.74, 6) is 0.317. The Bertz CT molecular complexity index is 1840. The number of hydrogen-bond acceptors (Lipinski definition) is 9. The third-order valence-corrected chi connectivity index (χ3v) is 9.75. The van der Waals surface area contributed by atoms with Gasteiger partial charge in [-0.25, -0.2) is 16.8 Å². The number of halogens is 1. The van der Waals surface area contributed by atoms with Gasteiger partial charge in [-0.05, 0) is 54.7 Å². The molecule has 4 aromatic rings. The quantitative estimate of drug-likeness (QED) is 0.114. The molecule has 5 rings (SSSR count). The zero-order chi connectivity index (χ0) is 29.9. The first-order valence-corrected chi connectivity index (χ1v) is 17.7. The summed E-state index contributed by atoms with van der Waals surface area (Å²) in [6.45, 7) is 0.881. The first-order chi connectivity index (χ1) is 20.0. The molecule has 0 spiro atoms. The first kappa shape index (κ1) is 30.5. The monoisotopic (exact) mass is 647 g/mol. The summed E-state index contributed by atoms with van der Waals surface area (Å²) in [6.07, 6.45) is 3.26. The van der Waals surface area contributed by atoms with Crippen LogP contribution in [0.5, 0.6) is 5.75 Å². The van der Waals surface area contributed by atoms with E-state index in [1.54, 1.807) is 6.07 Å². The van der Waals surface area contributed by atoms with Crippen molar-refractivity contribution in [3.05, 3.63) is 82.6 Å². The maximum Gasteiger partial charge on any atom is 0.268 e. The van der Waals surface area contributed by atoms with Gasteiger partial charge in [0.1, 0.15) is 4.70 Å². The predicted octanol–water partition coefficient (Wildman–Crippen LogP) is 5.36. The first-order valence-electron chi connectivity index (χ1n) is 13.3. The highest BCUT2D eigenvalue weighted by molar-refractivity contribution is 7.85. The topological polar surface area (TPSA) is 131 Å². The van der Waals surface area contributed by atoms with E-state index in [0.29, 0.717) is 42.6 Å². The van der Waals surface area contributed by atoms with Gasteiger partial charge in [0.05, 0.1) is 32.0 Å². The van der Waals surface area contributed by atoms with Crippen LogP contribution >= 0.6 is 22.9 Å². The molecular weight excluding hydrogens is 620 g/mol. The van der Waals surface area contributed by atoms with Gasteiger partial charge in [-0.3, -0.25) is 0 Å². The van der Waals surface area contributed by atoms with Crippen LogP contribution in [0.1, 0.15) is 30.7 Å². The molecule has 0 amide bonds. The maximum absolute atomic E-state index is 11.2. The summed E-state index contributed by atoms with van der Waals surface area (Å²) in [4.78, 5) is 1.98. The van der Waals surface area contributed by atoms with E-state index in [1.165, 1.54) is 11.3 Å². The van der Waals surface area contributed by atoms with Crippen molar-refractivity contribution in [2.45, 2.75) is 32.2 Å². The molecule has 3 aromatic carbocycles. The number of rotatable bonds is 12. The van der Waals surface area contributed by atoms with E-state index in [0.717, 1.165) is 32.0 Å². The van der Waals surface area contributed by atoms with E-state index in [-0.39, 0.29) is 12.8 Å². The molecule has 222 valence electrons. The molecule has 0 N–H and O–H groups in total. The fourth-order valence-electron chi connectivity index (χ4n) is 4.86. The SMILES string of the molecule is O=S(=O)([O-])CCCCN1/C(=C/c2sc3ccc(Cl)cc3[n+]2CCCCS(=O)(=O)[O-])Oc2ccc(-c3ccccc3)cc21. The van der Waals surface area contributed by atoms with Gasteiger partial charge in [-0.2, -0.15) is 4.57 Å². The zero-order valence-electron chi connectivity index (χ0n) is 22.4. The van der Waals surface area contributed by atoms with E-state index in [1.807, 2.05) is 76.2 Å². The summed E-state index contributed by atoms with van der Waals surface area (Å²) >= 11 is 7.82. The normalized spacial score (nSPS) is 14.5. The minimum atomic E-state index is -4.31. The number of nitrogens with zero attached hydrogens (tertiary/aromatic N) is 2. The number of ether oxygens (including phenoxy) is 1. The highest BCUT2D eigenvalue weighted by atomic mass is 35.5. The molecule has 0 fully saturated rings. The number of benzene rings is 3. The molecule has 9 nitrogen and oxygen atoms in total. The second kappa shape index (κ2) is 12.7. The zero-order valence-corrected chi connectivity index (χ0v) is 25.6. The van der Waals surface area contributed by atoms with Crippen molar-refractivity contribution < 1.29 is 35.2 Å². The highest BCUT2D eigenvalue weighted by Crippen LogP contribution is 2.42. The number of thiazole rings is 1. The van der Waals surface area contributed by atoms with Gasteiger partial charge in [0.15, 0.2) is 12.3 Å². The minimum Gasteiger partial charge on any atom is -0.748 e. The Kier molecular flexibility index (Phi) is 9.21. The van der Waals surface area contributed by atoms with E-state index in [4.69, 9.17) is 16.3 Å². The minimum absolute atomic E-state index is 0.216. The lowest BCUT2D eigenvalue weighted by Crippen LogP contribution is -2.35. The van der Waals surface area contributed by atoms with Crippen molar-refractivity contribution >= 4 is 65.2 Å². The number of hydrogen-bond donors (Lipinski definition) is 0. The summed E-state index contributed by atoms with van der Waals surface area (Å²) < 4.78 is 76.2. The van der Waals surface area contributed by atoms with Crippen LogP contribution in [0.2, 0.25) is 5.02 Å². The average Bonchev–Trinajstić information content (AvgIpc) is 3.44. The van der Waals surface area contributed by atoms with Gasteiger partial charge in [0.25, 0.3) is 5.01 Å². The number of fused-ring (bicyclic) bond motifs is 2. The van der Waals surface area contributed by atoms with E-state index in [2.05, 4.69) is 0 Å². The molecule has 0 bridgehead atoms. The van der Waals surface area contributed by atoms with Crippen molar-refractivity contribution in [2.75, 3.05) is 23.0 Å². The summed E-state index contributed by atoms with van der Waals surface area (Å²) in [6, 6.07) is 21.4. The Morgan fingerprint density at radius 2 is 1.57 bits per heavy atom. The molecular formula is C29H28ClN2O7S3-. The fourth-order valence-corrected chi connectivity index (χ4v) is 7.24. The molecule has 42 heavy (non-hydrogen) atoms. The second-order valence-electron chi connectivity index (χ2n) is 9.93. The van der Waals surface area contributed by atoms with Crippen molar-refractivity contribution in [1.82, 2.24) is 0 Å². The number of aromatic nitrogens is 1. The Morgan fingerprint density at radius 1 is 0.857 bits per heavy atom. The van der Waals surface area contributed by atoms with Gasteiger partial charge >= 0.3 is 0 Å². The lowest BCUT2D eigenvalue weighted by Gasteiger charge is -2.19. The highest BCUT2D eigenvalue weighted by Gasteiger charge is 2.29. The molecule has 1 aliphatic heterocycles. The van der Waals surface area contributed by atoms with Crippen LogP contribution in [0.4, 0.5) is 5.69 Å². The summed E-state index contributed by atoms with van der Waals surface area (Å²) in [7, 11) is -8.61. The third-order valence-electron chi connectivity index (χ3n) is 6.83. The van der Waals surface area contributed by atoms with Crippen LogP contribution in [-0.4, -0.2) is 44.0 Å². The number of anilines is 1. The van der Waals surface area contributed by atoms with Crippen molar-refractivity contribution in [3.8, 4) is 16.9 Å². The van der Waals surface area contributed by atoms with Crippen LogP contribution in [0.15, 0.2) is 72.6 Å². The molecule has 0 atom stereocenters. The molecule has 13 heteroatoms. The van der Waals surface area contributed by atoms with Crippen LogP contribution in [0.25, 0.3) is 27.4 Å². The van der Waals surface area contributed by atoms with Gasteiger partial charge in [-0.1, -0.05) is 59.3 Å². The lowest BCUT2D eigenvalue weighted by atomic mass is 10.0. The lowest BCUT2D eigenvalue weighted by molar-refractivity contribution is -0.669. The van der Waals surface area contributed by atoms with E-state index >= 15 is 0 Å². The summed E-state index contributed by atoms with van der Waals surface area (Å²) in [5, 5.41) is 1.39. The van der Waals surface area contributed by atoms with Crippen molar-refractivity contribution in [1.29, 1.82) is 0 Å². The Balaban J connectivity index is 1.50. The van der Waals surface area contributed by atoms with Crippen LogP contribution in [0.3, 0.4) is 0 Å². The molecule has 0 saturated carbocycles. The van der Waals surface area contributed by atoms with Gasteiger partial charge in [0.2, 0.25) is 11.4 Å². The van der Waals surface area contributed by atoms with E-state index in [9.17, 15) is 25.9 Å². The van der Waals surface area contributed by atoms with Crippen LogP contribution in [0, 0.1) is 0 Å². The summed E-state index contributed by atoms with van der Waals surface area (Å²) in [5.41, 5.74) is 3.73. The largest absolute Gasteiger partial charge is 0.748 e. The fraction of sp³-hybridized carbons (Fsp3) is 0.276. The van der Waals surface area contributed by atoms with E-state index < -0.39 is 31.7 Å². The number of unbranched alkanes of at least 4 members (excludes halogenated alkanes) is 2. The van der Waals surface area contributed by atoms with Crippen molar-refractivity contribution in [2.24, 2.45) is 0 Å². The smallest absolute Gasteiger partial charge is 0.268 e. The molecule has 0 saturated heterocycles. The molecule has 0 unspecified atom stereocenters. The Hall–Kier alpha value is -3.00. The standard InChI is InChI=1S/C29H29ClN2O7S3/c30-23-11-13-27-25(19-23)32(15-5-7-17-42(36,37)38)29(40-27)20-28-31(14-4-6-16-41(33,34)35)24-18-22(10-12-26(24)39-28)21-8-2-1-3-9-21/h1-3,8-13,18-20H,4-7,14-17H2,(H-,33,34,35,36,37,38)/p-1. The Morgan fingerprint density at radius 3 is 2.29 bits per heavy atom. The predicted molar refractivity (Wildman–Crippen MR) is 162 cm³/mol. The average molecular weight is 648 g/mol. The van der Waals surface area contributed by atoms with Gasteiger partial charge < -0.3 is 18.7 Å². The molecule has 2 heterocycles. The number of aryl methyl sites for hydroxylation is 1. The molecule has 0 aliphatic carbocycles. The van der Waals surface area contributed by atoms with Crippen LogP contribution < -0.4 is 14.2 Å². The molecule has 1 aromatic heterocycles. The molecule has 0 radical (unpaired) electrons.